The lowest BCUT2D eigenvalue weighted by Crippen LogP contribution is -2.45. The molecule has 1 amide bonds. The van der Waals surface area contributed by atoms with Gasteiger partial charge in [0.1, 0.15) is 11.6 Å². The summed E-state index contributed by atoms with van der Waals surface area (Å²) in [6, 6.07) is 4.07. The maximum atomic E-state index is 12.8. The molecule has 214 valence electrons. The molecule has 6 nitrogen and oxygen atoms in total. The fourth-order valence-corrected chi connectivity index (χ4v) is 8.74. The number of ketones is 1. The minimum Gasteiger partial charge on any atom is -0.349 e. The molecule has 4 heterocycles. The van der Waals surface area contributed by atoms with E-state index in [1.165, 1.54) is 53.3 Å². The smallest absolute Gasteiger partial charge is 0.217 e. The Kier molecular flexibility index (Phi) is 8.97. The molecule has 0 saturated carbocycles. The van der Waals surface area contributed by atoms with E-state index in [-0.39, 0.29) is 23.8 Å². The third-order valence-corrected chi connectivity index (χ3v) is 10.7. The monoisotopic (exact) mass is 552 g/mol. The molecule has 0 aromatic carbocycles. The molecule has 1 aliphatic carbocycles. The summed E-state index contributed by atoms with van der Waals surface area (Å²) in [5, 5.41) is 5.40. The van der Waals surface area contributed by atoms with Gasteiger partial charge in [-0.2, -0.15) is 0 Å². The van der Waals surface area contributed by atoms with E-state index < -0.39 is 0 Å². The third-order valence-electron chi connectivity index (χ3n) is 9.56. The third kappa shape index (κ3) is 6.35. The van der Waals surface area contributed by atoms with Gasteiger partial charge in [0, 0.05) is 54.0 Å². The number of imidazole rings is 1. The number of carbonyl (C=O) groups is 2. The molecule has 2 aromatic rings. The predicted octanol–water partition coefficient (Wildman–Crippen LogP) is 6.50. The lowest BCUT2D eigenvalue weighted by Gasteiger charge is -2.41. The standard InChI is InChI=1S/C32H48N4O2S/c1-20(2)32(38)24-8-6-7-9-30-28(13-10-24)33-22(4)36(30)27-17-25-11-12-26(18-27)35(25)15-14-29(34-23(5)37)31-16-21(3)19-39-31/h16,19-20,24-27,29H,6-15,17-18H2,1-5H3,(H,34,37)/t24?,25?,26?,27?,29-/m0/s1. The summed E-state index contributed by atoms with van der Waals surface area (Å²) in [5.41, 5.74) is 3.99. The number of nitrogens with one attached hydrogen (secondary N) is 1. The molecule has 3 unspecified atom stereocenters. The van der Waals surface area contributed by atoms with Crippen LogP contribution in [0.5, 0.6) is 0 Å². The van der Waals surface area contributed by atoms with Crippen molar-refractivity contribution in [2.24, 2.45) is 11.8 Å². The number of hydrogen-bond acceptors (Lipinski definition) is 5. The van der Waals surface area contributed by atoms with Gasteiger partial charge in [-0.3, -0.25) is 14.5 Å². The summed E-state index contributed by atoms with van der Waals surface area (Å²) in [6.07, 6.45) is 12.2. The molecule has 2 bridgehead atoms. The predicted molar refractivity (Wildman–Crippen MR) is 158 cm³/mol. The lowest BCUT2D eigenvalue weighted by molar-refractivity contribution is -0.126. The number of carbonyl (C=O) groups excluding carboxylic acids is 2. The Balaban J connectivity index is 1.27. The van der Waals surface area contributed by atoms with Crippen molar-refractivity contribution in [3.05, 3.63) is 39.1 Å². The van der Waals surface area contributed by atoms with Crippen molar-refractivity contribution in [1.82, 2.24) is 19.8 Å². The van der Waals surface area contributed by atoms with Crippen LogP contribution in [0.1, 0.15) is 118 Å². The fraction of sp³-hybridized carbons (Fsp3) is 0.719. The number of amides is 1. The van der Waals surface area contributed by atoms with Crippen molar-refractivity contribution >= 4 is 23.0 Å². The number of hydrogen-bond donors (Lipinski definition) is 1. The molecule has 4 atom stereocenters. The molecular weight excluding hydrogens is 504 g/mol. The van der Waals surface area contributed by atoms with E-state index in [4.69, 9.17) is 4.98 Å². The molecule has 2 aromatic heterocycles. The molecule has 3 aliphatic rings. The van der Waals surface area contributed by atoms with Crippen LogP contribution in [0.25, 0.3) is 0 Å². The van der Waals surface area contributed by atoms with Gasteiger partial charge in [0.2, 0.25) is 5.91 Å². The second kappa shape index (κ2) is 12.3. The largest absolute Gasteiger partial charge is 0.349 e. The van der Waals surface area contributed by atoms with Crippen molar-refractivity contribution in [1.29, 1.82) is 0 Å². The van der Waals surface area contributed by atoms with Crippen molar-refractivity contribution < 1.29 is 9.59 Å². The van der Waals surface area contributed by atoms with Crippen molar-refractivity contribution in [2.75, 3.05) is 6.54 Å². The van der Waals surface area contributed by atoms with Gasteiger partial charge in [0.15, 0.2) is 0 Å². The van der Waals surface area contributed by atoms with Gasteiger partial charge in [-0.05, 0) is 95.1 Å². The Morgan fingerprint density at radius 3 is 2.44 bits per heavy atom. The SMILES string of the molecule is CC(=O)N[C@@H](CCN1C2CCC1CC(n1c(C)nc3c1CCCCC(C(=O)C(C)C)CC3)C2)c1cc(C)cs1. The summed E-state index contributed by atoms with van der Waals surface area (Å²) in [4.78, 5) is 33.9. The molecule has 5 rings (SSSR count). The van der Waals surface area contributed by atoms with E-state index in [9.17, 15) is 9.59 Å². The maximum Gasteiger partial charge on any atom is 0.217 e. The highest BCUT2D eigenvalue weighted by atomic mass is 32.1. The van der Waals surface area contributed by atoms with Crippen LogP contribution in [0.3, 0.4) is 0 Å². The molecule has 1 N–H and O–H groups in total. The van der Waals surface area contributed by atoms with Crippen LogP contribution in [-0.2, 0) is 22.4 Å². The first-order chi connectivity index (χ1) is 18.7. The van der Waals surface area contributed by atoms with E-state index in [1.807, 2.05) is 13.8 Å². The number of Topliss-reactive ketones (excluding diaryl/α,β-unsaturated/α-hetero) is 1. The molecule has 2 fully saturated rings. The summed E-state index contributed by atoms with van der Waals surface area (Å²) >= 11 is 1.76. The highest BCUT2D eigenvalue weighted by molar-refractivity contribution is 7.10. The van der Waals surface area contributed by atoms with Gasteiger partial charge in [-0.25, -0.2) is 4.98 Å². The average Bonchev–Trinajstić information content (AvgIpc) is 3.54. The topological polar surface area (TPSA) is 67.2 Å². The van der Waals surface area contributed by atoms with Gasteiger partial charge in [-0.15, -0.1) is 11.3 Å². The minimum atomic E-state index is 0.0514. The molecule has 0 radical (unpaired) electrons. The summed E-state index contributed by atoms with van der Waals surface area (Å²) in [6.45, 7) is 11.1. The second-order valence-electron chi connectivity index (χ2n) is 12.8. The highest BCUT2D eigenvalue weighted by Crippen LogP contribution is 2.43. The molecule has 7 heteroatoms. The Labute approximate surface area is 239 Å². The number of aromatic nitrogens is 2. The average molecular weight is 553 g/mol. The summed E-state index contributed by atoms with van der Waals surface area (Å²) in [5.74, 6) is 1.98. The Hall–Kier alpha value is -1.99. The molecule has 0 spiro atoms. The van der Waals surface area contributed by atoms with E-state index in [0.717, 1.165) is 51.5 Å². The van der Waals surface area contributed by atoms with Crippen molar-refractivity contribution in [2.45, 2.75) is 129 Å². The van der Waals surface area contributed by atoms with Crippen LogP contribution < -0.4 is 5.32 Å². The van der Waals surface area contributed by atoms with Gasteiger partial charge in [0.25, 0.3) is 0 Å². The fourth-order valence-electron chi connectivity index (χ4n) is 7.76. The van der Waals surface area contributed by atoms with Crippen LogP contribution in [0.2, 0.25) is 0 Å². The van der Waals surface area contributed by atoms with E-state index in [0.29, 0.717) is 23.9 Å². The molecule has 2 saturated heterocycles. The van der Waals surface area contributed by atoms with Crippen LogP contribution in [-0.4, -0.2) is 44.8 Å². The highest BCUT2D eigenvalue weighted by Gasteiger charge is 2.42. The lowest BCUT2D eigenvalue weighted by atomic mass is 9.87. The van der Waals surface area contributed by atoms with Gasteiger partial charge in [0.05, 0.1) is 11.7 Å². The molecule has 39 heavy (non-hydrogen) atoms. The number of nitrogens with zero attached hydrogens (tertiary/aromatic N) is 3. The Bertz CT molecular complexity index is 1150. The first-order valence-electron chi connectivity index (χ1n) is 15.4. The quantitative estimate of drug-likeness (QED) is 0.406. The van der Waals surface area contributed by atoms with E-state index in [2.05, 4.69) is 40.1 Å². The van der Waals surface area contributed by atoms with Gasteiger partial charge >= 0.3 is 0 Å². The van der Waals surface area contributed by atoms with Crippen molar-refractivity contribution in [3.63, 3.8) is 0 Å². The summed E-state index contributed by atoms with van der Waals surface area (Å²) in [7, 11) is 0. The second-order valence-corrected chi connectivity index (χ2v) is 13.7. The number of thiophene rings is 1. The zero-order valence-electron chi connectivity index (χ0n) is 24.7. The molecule has 2 aliphatic heterocycles. The van der Waals surface area contributed by atoms with Crippen molar-refractivity contribution in [3.8, 4) is 0 Å². The minimum absolute atomic E-state index is 0.0514. The first-order valence-corrected chi connectivity index (χ1v) is 16.3. The van der Waals surface area contributed by atoms with Crippen LogP contribution in [0.4, 0.5) is 0 Å². The van der Waals surface area contributed by atoms with E-state index in [1.54, 1.807) is 18.3 Å². The maximum absolute atomic E-state index is 12.8. The zero-order chi connectivity index (χ0) is 27.7. The van der Waals surface area contributed by atoms with Crippen LogP contribution in [0, 0.1) is 25.7 Å². The number of fused-ring (bicyclic) bond motifs is 3. The normalized spacial score (nSPS) is 26.5. The number of rotatable bonds is 8. The van der Waals surface area contributed by atoms with Crippen LogP contribution >= 0.6 is 11.3 Å². The molecular formula is C32H48N4O2S. The number of piperidine rings is 1. The van der Waals surface area contributed by atoms with E-state index >= 15 is 0 Å². The summed E-state index contributed by atoms with van der Waals surface area (Å²) < 4.78 is 2.62. The Morgan fingerprint density at radius 1 is 1.05 bits per heavy atom. The van der Waals surface area contributed by atoms with Crippen LogP contribution in [0.15, 0.2) is 11.4 Å². The number of aryl methyl sites for hydroxylation is 3. The van der Waals surface area contributed by atoms with Gasteiger partial charge < -0.3 is 9.88 Å². The Morgan fingerprint density at radius 2 is 1.79 bits per heavy atom. The zero-order valence-corrected chi connectivity index (χ0v) is 25.5. The van der Waals surface area contributed by atoms with Gasteiger partial charge in [-0.1, -0.05) is 20.3 Å². The first kappa shape index (κ1) is 28.5.